The quantitative estimate of drug-likeness (QED) is 0.575. The summed E-state index contributed by atoms with van der Waals surface area (Å²) in [6.45, 7) is 0. The Bertz CT molecular complexity index is 854. The van der Waals surface area contributed by atoms with Crippen molar-refractivity contribution in [3.05, 3.63) is 33.0 Å². The van der Waals surface area contributed by atoms with Gasteiger partial charge in [0.25, 0.3) is 5.56 Å². The molecule has 0 aliphatic heterocycles. The zero-order valence-electron chi connectivity index (χ0n) is 11.9. The average molecular weight is 288 g/mol. The molecule has 0 bridgehead atoms. The maximum Gasteiger partial charge on any atom is 0.332 e. The summed E-state index contributed by atoms with van der Waals surface area (Å²) in [5, 5.41) is 12.0. The summed E-state index contributed by atoms with van der Waals surface area (Å²) in [5.41, 5.74) is -0.437. The molecule has 3 rings (SSSR count). The van der Waals surface area contributed by atoms with Crippen LogP contribution in [0.5, 0.6) is 0 Å². The Morgan fingerprint density at radius 2 is 2.10 bits per heavy atom. The van der Waals surface area contributed by atoms with Crippen LogP contribution in [0.4, 0.5) is 0 Å². The minimum atomic E-state index is -0.463. The Hall–Kier alpha value is -2.51. The maximum atomic E-state index is 12.0. The third-order valence-electron chi connectivity index (χ3n) is 3.73. The van der Waals surface area contributed by atoms with Crippen molar-refractivity contribution in [2.45, 2.75) is 19.3 Å². The van der Waals surface area contributed by atoms with Gasteiger partial charge in [0.2, 0.25) is 0 Å². The third kappa shape index (κ3) is 2.22. The first-order valence-electron chi connectivity index (χ1n) is 6.80. The number of hydrogen-bond donors (Lipinski definition) is 0. The van der Waals surface area contributed by atoms with Gasteiger partial charge in [-0.1, -0.05) is 12.2 Å². The third-order valence-corrected chi connectivity index (χ3v) is 3.73. The van der Waals surface area contributed by atoms with Gasteiger partial charge < -0.3 is 0 Å². The normalized spacial score (nSPS) is 18.9. The van der Waals surface area contributed by atoms with Gasteiger partial charge in [0.15, 0.2) is 11.2 Å². The first-order chi connectivity index (χ1) is 10.1. The number of hydrogen-bond acceptors (Lipinski definition) is 5. The zero-order chi connectivity index (χ0) is 15.0. The van der Waals surface area contributed by atoms with E-state index in [4.69, 9.17) is 0 Å². The zero-order valence-corrected chi connectivity index (χ0v) is 11.9. The summed E-state index contributed by atoms with van der Waals surface area (Å²) in [7, 11) is 2.99. The summed E-state index contributed by atoms with van der Waals surface area (Å²) >= 11 is 0. The van der Waals surface area contributed by atoms with Gasteiger partial charge in [-0.25, -0.2) is 4.79 Å². The molecule has 2 aromatic rings. The van der Waals surface area contributed by atoms with E-state index < -0.39 is 11.2 Å². The molecule has 0 fully saturated rings. The molecule has 2 heterocycles. The summed E-state index contributed by atoms with van der Waals surface area (Å²) in [5.74, 6) is 0.345. The smallest absolute Gasteiger partial charge is 0.278 e. The van der Waals surface area contributed by atoms with Crippen LogP contribution in [0.25, 0.3) is 11.2 Å². The van der Waals surface area contributed by atoms with E-state index in [2.05, 4.69) is 27.6 Å². The van der Waals surface area contributed by atoms with E-state index in [1.165, 1.54) is 16.4 Å². The second-order valence-corrected chi connectivity index (χ2v) is 5.17. The lowest BCUT2D eigenvalue weighted by Crippen LogP contribution is -2.37. The van der Waals surface area contributed by atoms with Crippen molar-refractivity contribution in [1.29, 1.82) is 0 Å². The highest BCUT2D eigenvalue weighted by molar-refractivity contribution is 5.70. The van der Waals surface area contributed by atoms with E-state index in [9.17, 15) is 9.59 Å². The SMILES string of the molecule is Cn1c(=O)c2nnn(N=CC3CC=CCC3)c2n(C)c1=O. The predicted octanol–water partition coefficient (Wildman–Crippen LogP) is 0.0189. The molecule has 0 amide bonds. The Balaban J connectivity index is 2.08. The predicted molar refractivity (Wildman–Crippen MR) is 78.4 cm³/mol. The summed E-state index contributed by atoms with van der Waals surface area (Å²) in [6, 6.07) is 0. The lowest BCUT2D eigenvalue weighted by Gasteiger charge is -2.11. The highest BCUT2D eigenvalue weighted by atomic mass is 16.2. The number of rotatable bonds is 2. The molecule has 0 aromatic carbocycles. The van der Waals surface area contributed by atoms with Gasteiger partial charge in [0.05, 0.1) is 0 Å². The number of aromatic nitrogens is 5. The molecule has 1 atom stereocenters. The fourth-order valence-electron chi connectivity index (χ4n) is 2.45. The van der Waals surface area contributed by atoms with Crippen molar-refractivity contribution in [1.82, 2.24) is 24.2 Å². The molecule has 8 nitrogen and oxygen atoms in total. The Labute approximate surface area is 120 Å². The molecule has 0 N–H and O–H groups in total. The fourth-order valence-corrected chi connectivity index (χ4v) is 2.45. The molecule has 0 saturated heterocycles. The lowest BCUT2D eigenvalue weighted by atomic mass is 9.96. The largest absolute Gasteiger partial charge is 0.332 e. The van der Waals surface area contributed by atoms with E-state index in [-0.39, 0.29) is 5.52 Å². The van der Waals surface area contributed by atoms with Crippen molar-refractivity contribution in [3.8, 4) is 0 Å². The van der Waals surface area contributed by atoms with Gasteiger partial charge in [-0.2, -0.15) is 5.10 Å². The van der Waals surface area contributed by atoms with Gasteiger partial charge in [0, 0.05) is 20.3 Å². The first-order valence-corrected chi connectivity index (χ1v) is 6.80. The molecular weight excluding hydrogens is 272 g/mol. The molecule has 2 aromatic heterocycles. The van der Waals surface area contributed by atoms with Crippen LogP contribution in [0, 0.1) is 5.92 Å². The van der Waals surface area contributed by atoms with Crippen molar-refractivity contribution >= 4 is 17.4 Å². The molecule has 1 aliphatic rings. The molecule has 1 aliphatic carbocycles. The van der Waals surface area contributed by atoms with Crippen molar-refractivity contribution in [3.63, 3.8) is 0 Å². The fraction of sp³-hybridized carbons (Fsp3) is 0.462. The number of allylic oxidation sites excluding steroid dienone is 2. The van der Waals surface area contributed by atoms with Gasteiger partial charge in [-0.05, 0) is 30.4 Å². The standard InChI is InChI=1S/C13H16N6O2/c1-17-11-10(12(20)18(2)13(17)21)15-16-19(11)14-8-9-6-4-3-5-7-9/h3-4,8-9H,5-7H2,1-2H3. The Morgan fingerprint density at radius 3 is 2.81 bits per heavy atom. The van der Waals surface area contributed by atoms with E-state index in [1.54, 1.807) is 13.3 Å². The molecule has 1 unspecified atom stereocenters. The van der Waals surface area contributed by atoms with Crippen molar-refractivity contribution < 1.29 is 0 Å². The van der Waals surface area contributed by atoms with E-state index in [1.807, 2.05) is 0 Å². The lowest BCUT2D eigenvalue weighted by molar-refractivity contribution is 0.611. The number of aryl methyl sites for hydroxylation is 1. The minimum absolute atomic E-state index is 0.139. The van der Waals surface area contributed by atoms with Crippen LogP contribution in [-0.2, 0) is 14.1 Å². The van der Waals surface area contributed by atoms with Crippen LogP contribution < -0.4 is 11.2 Å². The van der Waals surface area contributed by atoms with Crippen molar-refractivity contribution in [2.75, 3.05) is 0 Å². The highest BCUT2D eigenvalue weighted by Crippen LogP contribution is 2.16. The molecule has 0 saturated carbocycles. The van der Waals surface area contributed by atoms with Crippen LogP contribution in [0.15, 0.2) is 26.8 Å². The van der Waals surface area contributed by atoms with Gasteiger partial charge in [-0.15, -0.1) is 9.89 Å². The first kappa shape index (κ1) is 13.5. The average Bonchev–Trinajstić information content (AvgIpc) is 2.94. The number of fused-ring (bicyclic) bond motifs is 1. The van der Waals surface area contributed by atoms with Gasteiger partial charge in [-0.3, -0.25) is 13.9 Å². The molecule has 0 spiro atoms. The molecular formula is C13H16N6O2. The monoisotopic (exact) mass is 288 g/mol. The second-order valence-electron chi connectivity index (χ2n) is 5.17. The van der Waals surface area contributed by atoms with Crippen LogP contribution in [0.2, 0.25) is 0 Å². The van der Waals surface area contributed by atoms with Crippen LogP contribution in [0.3, 0.4) is 0 Å². The Morgan fingerprint density at radius 1 is 1.29 bits per heavy atom. The molecule has 110 valence electrons. The number of nitrogens with zero attached hydrogens (tertiary/aromatic N) is 6. The van der Waals surface area contributed by atoms with Crippen molar-refractivity contribution in [2.24, 2.45) is 25.1 Å². The van der Waals surface area contributed by atoms with E-state index >= 15 is 0 Å². The summed E-state index contributed by atoms with van der Waals surface area (Å²) < 4.78 is 2.34. The molecule has 0 radical (unpaired) electrons. The Kier molecular flexibility index (Phi) is 3.28. The van der Waals surface area contributed by atoms with Crippen LogP contribution in [-0.4, -0.2) is 30.5 Å². The maximum absolute atomic E-state index is 12.0. The highest BCUT2D eigenvalue weighted by Gasteiger charge is 2.15. The molecule has 8 heteroatoms. The van der Waals surface area contributed by atoms with Gasteiger partial charge >= 0.3 is 5.69 Å². The topological polar surface area (TPSA) is 87.1 Å². The minimum Gasteiger partial charge on any atom is -0.278 e. The van der Waals surface area contributed by atoms with E-state index in [0.717, 1.165) is 23.8 Å². The summed E-state index contributed by atoms with van der Waals surface area (Å²) in [4.78, 5) is 25.2. The van der Waals surface area contributed by atoms with E-state index in [0.29, 0.717) is 11.6 Å². The second kappa shape index (κ2) is 5.12. The molecule has 21 heavy (non-hydrogen) atoms. The van der Waals surface area contributed by atoms with Crippen LogP contribution in [0.1, 0.15) is 19.3 Å². The van der Waals surface area contributed by atoms with Gasteiger partial charge in [0.1, 0.15) is 0 Å². The van der Waals surface area contributed by atoms with Crippen LogP contribution >= 0.6 is 0 Å². The summed E-state index contributed by atoms with van der Waals surface area (Å²) in [6.07, 6.45) is 9.10.